The molecule has 2 aliphatic rings. The number of hydrogen-bond donors (Lipinski definition) is 0. The highest BCUT2D eigenvalue weighted by molar-refractivity contribution is 8.22. The molecule has 1 aromatic carbocycles. The van der Waals surface area contributed by atoms with Gasteiger partial charge < -0.3 is 4.90 Å². The van der Waals surface area contributed by atoms with Crippen LogP contribution in [0.5, 0.6) is 0 Å². The summed E-state index contributed by atoms with van der Waals surface area (Å²) in [5, 5.41) is 1.16. The van der Waals surface area contributed by atoms with Crippen LogP contribution in [0, 0.1) is 0 Å². The first kappa shape index (κ1) is 8.12. The molecule has 0 unspecified atom stereocenters. The molecule has 1 aromatic rings. The van der Waals surface area contributed by atoms with Crippen LogP contribution in [0.25, 0.3) is 4.91 Å². The molecule has 0 saturated carbocycles. The van der Waals surface area contributed by atoms with Gasteiger partial charge in [0.25, 0.3) is 0 Å². The first-order valence-corrected chi connectivity index (χ1v) is 5.51. The fraction of sp³-hybridized carbons (Fsp3) is 0.182. The van der Waals surface area contributed by atoms with Crippen LogP contribution in [0.1, 0.15) is 5.56 Å². The van der Waals surface area contributed by atoms with Crippen LogP contribution < -0.4 is 0 Å². The molecule has 2 heterocycles. The normalized spacial score (nSPS) is 19.3. The van der Waals surface area contributed by atoms with Crippen molar-refractivity contribution >= 4 is 21.8 Å². The van der Waals surface area contributed by atoms with Gasteiger partial charge in [0.15, 0.2) is 5.17 Å². The van der Waals surface area contributed by atoms with Gasteiger partial charge in [0, 0.05) is 17.6 Å². The lowest BCUT2D eigenvalue weighted by atomic mass is 10.2. The number of hydrogen-bond acceptors (Lipinski definition) is 3. The molecule has 0 spiro atoms. The average molecular weight is 202 g/mol. The number of rotatable bonds is 1. The fourth-order valence-corrected chi connectivity index (χ4v) is 2.70. The second-order valence-corrected chi connectivity index (χ2v) is 4.33. The Labute approximate surface area is 87.3 Å². The molecule has 3 heteroatoms. The van der Waals surface area contributed by atoms with E-state index in [-0.39, 0.29) is 0 Å². The molecule has 70 valence electrons. The predicted molar refractivity (Wildman–Crippen MR) is 61.0 cm³/mol. The third-order valence-electron chi connectivity index (χ3n) is 2.37. The summed E-state index contributed by atoms with van der Waals surface area (Å²) in [7, 11) is 0. The van der Waals surface area contributed by atoms with Gasteiger partial charge in [-0.05, 0) is 17.3 Å². The molecule has 0 aliphatic carbocycles. The maximum absolute atomic E-state index is 4.43. The number of amidine groups is 1. The van der Waals surface area contributed by atoms with Crippen LogP contribution in [-0.4, -0.2) is 23.2 Å². The van der Waals surface area contributed by atoms with E-state index in [1.807, 2.05) is 6.07 Å². The third kappa shape index (κ3) is 1.24. The minimum atomic E-state index is 0.945. The Bertz CT molecular complexity index is 409. The van der Waals surface area contributed by atoms with Gasteiger partial charge in [-0.15, -0.1) is 0 Å². The number of benzene rings is 1. The van der Waals surface area contributed by atoms with E-state index in [0.717, 1.165) is 18.3 Å². The Morgan fingerprint density at radius 2 is 2.07 bits per heavy atom. The van der Waals surface area contributed by atoms with Crippen molar-refractivity contribution in [3.8, 4) is 0 Å². The zero-order chi connectivity index (χ0) is 9.38. The van der Waals surface area contributed by atoms with Crippen LogP contribution in [-0.2, 0) is 0 Å². The Balaban J connectivity index is 1.93. The summed E-state index contributed by atoms with van der Waals surface area (Å²) >= 11 is 1.77. The number of fused-ring (bicyclic) bond motifs is 1. The Kier molecular flexibility index (Phi) is 1.84. The first-order chi connectivity index (χ1) is 6.93. The minimum absolute atomic E-state index is 0.945. The van der Waals surface area contributed by atoms with Gasteiger partial charge in [-0.2, -0.15) is 0 Å². The zero-order valence-corrected chi connectivity index (χ0v) is 8.50. The Morgan fingerprint density at radius 3 is 2.86 bits per heavy atom. The molecule has 2 nitrogen and oxygen atoms in total. The summed E-state index contributed by atoms with van der Waals surface area (Å²) in [6, 6.07) is 10.5. The Morgan fingerprint density at radius 1 is 1.21 bits per heavy atom. The van der Waals surface area contributed by atoms with E-state index in [4.69, 9.17) is 0 Å². The monoisotopic (exact) mass is 202 g/mol. The fourth-order valence-electron chi connectivity index (χ4n) is 1.65. The van der Waals surface area contributed by atoms with Crippen LogP contribution in [0.2, 0.25) is 0 Å². The van der Waals surface area contributed by atoms with Crippen molar-refractivity contribution in [3.63, 3.8) is 0 Å². The molecule has 0 fully saturated rings. The largest absolute Gasteiger partial charge is 0.325 e. The standard InChI is InChI=1S/C11H10N2S/c1-2-4-9(5-3-1)10-8-13-7-6-12-11(13)14-10/h1-5,8H,6-7H2. The van der Waals surface area contributed by atoms with E-state index in [2.05, 4.69) is 40.4 Å². The lowest BCUT2D eigenvalue weighted by Gasteiger charge is -2.04. The number of aliphatic imine (C=N–C) groups is 1. The lowest BCUT2D eigenvalue weighted by molar-refractivity contribution is 0.626. The molecule has 0 radical (unpaired) electrons. The highest BCUT2D eigenvalue weighted by Crippen LogP contribution is 2.37. The molecule has 3 rings (SSSR count). The SMILES string of the molecule is C1=C(c2ccccc2)SC2=NCCN12. The quantitative estimate of drug-likeness (QED) is 0.695. The third-order valence-corrected chi connectivity index (χ3v) is 3.47. The van der Waals surface area contributed by atoms with E-state index in [0.29, 0.717) is 0 Å². The van der Waals surface area contributed by atoms with Crippen molar-refractivity contribution in [2.75, 3.05) is 13.1 Å². The molecule has 2 aliphatic heterocycles. The summed E-state index contributed by atoms with van der Waals surface area (Å²) in [5.41, 5.74) is 1.29. The highest BCUT2D eigenvalue weighted by Gasteiger charge is 2.24. The molecule has 0 saturated heterocycles. The van der Waals surface area contributed by atoms with Gasteiger partial charge in [-0.3, -0.25) is 4.99 Å². The van der Waals surface area contributed by atoms with E-state index in [9.17, 15) is 0 Å². The highest BCUT2D eigenvalue weighted by atomic mass is 32.2. The Hall–Kier alpha value is -1.22. The van der Waals surface area contributed by atoms with Crippen molar-refractivity contribution in [1.82, 2.24) is 4.90 Å². The van der Waals surface area contributed by atoms with Crippen molar-refractivity contribution in [2.24, 2.45) is 4.99 Å². The number of nitrogens with zero attached hydrogens (tertiary/aromatic N) is 2. The molecule has 0 atom stereocenters. The van der Waals surface area contributed by atoms with Crippen molar-refractivity contribution in [3.05, 3.63) is 42.1 Å². The summed E-state index contributed by atoms with van der Waals surface area (Å²) in [6.45, 7) is 1.99. The van der Waals surface area contributed by atoms with Crippen LogP contribution in [0.4, 0.5) is 0 Å². The topological polar surface area (TPSA) is 15.6 Å². The average Bonchev–Trinajstić information content (AvgIpc) is 2.78. The van der Waals surface area contributed by atoms with Gasteiger partial charge in [0.2, 0.25) is 0 Å². The molecule has 0 amide bonds. The molecular formula is C11H10N2S. The predicted octanol–water partition coefficient (Wildman–Crippen LogP) is 2.40. The summed E-state index contributed by atoms with van der Waals surface area (Å²) < 4.78 is 0. The second kappa shape index (κ2) is 3.17. The first-order valence-electron chi connectivity index (χ1n) is 4.70. The molecule has 14 heavy (non-hydrogen) atoms. The minimum Gasteiger partial charge on any atom is -0.325 e. The van der Waals surface area contributed by atoms with E-state index in [1.54, 1.807) is 11.8 Å². The van der Waals surface area contributed by atoms with Gasteiger partial charge in [-0.1, -0.05) is 30.3 Å². The van der Waals surface area contributed by atoms with E-state index in [1.165, 1.54) is 10.5 Å². The molecule has 0 aromatic heterocycles. The van der Waals surface area contributed by atoms with Gasteiger partial charge in [-0.25, -0.2) is 0 Å². The van der Waals surface area contributed by atoms with Gasteiger partial charge in [0.1, 0.15) is 0 Å². The summed E-state index contributed by atoms with van der Waals surface area (Å²) in [4.78, 5) is 7.97. The van der Waals surface area contributed by atoms with Crippen molar-refractivity contribution < 1.29 is 0 Å². The molecule has 0 N–H and O–H groups in total. The summed E-state index contributed by atoms with van der Waals surface area (Å²) in [6.07, 6.45) is 2.20. The summed E-state index contributed by atoms with van der Waals surface area (Å²) in [5.74, 6) is 0. The number of thioether (sulfide) groups is 1. The maximum Gasteiger partial charge on any atom is 0.168 e. The second-order valence-electron chi connectivity index (χ2n) is 3.32. The van der Waals surface area contributed by atoms with Gasteiger partial charge in [0.05, 0.1) is 6.54 Å². The van der Waals surface area contributed by atoms with Crippen LogP contribution >= 0.6 is 11.8 Å². The van der Waals surface area contributed by atoms with Crippen LogP contribution in [0.15, 0.2) is 41.5 Å². The van der Waals surface area contributed by atoms with Crippen molar-refractivity contribution in [1.29, 1.82) is 0 Å². The maximum atomic E-state index is 4.43. The van der Waals surface area contributed by atoms with Crippen molar-refractivity contribution in [2.45, 2.75) is 0 Å². The smallest absolute Gasteiger partial charge is 0.168 e. The van der Waals surface area contributed by atoms with Crippen LogP contribution in [0.3, 0.4) is 0 Å². The van der Waals surface area contributed by atoms with E-state index >= 15 is 0 Å². The van der Waals surface area contributed by atoms with Gasteiger partial charge >= 0.3 is 0 Å². The lowest BCUT2D eigenvalue weighted by Crippen LogP contribution is -2.14. The molecular weight excluding hydrogens is 192 g/mol. The van der Waals surface area contributed by atoms with E-state index < -0.39 is 0 Å². The zero-order valence-electron chi connectivity index (χ0n) is 7.68. The molecule has 0 bridgehead atoms.